The molecule has 0 radical (unpaired) electrons. The largest absolute Gasteiger partial charge is 0.460 e. The molecular formula is C17H32Cl2O2. The van der Waals surface area contributed by atoms with Gasteiger partial charge in [0, 0.05) is 0 Å². The van der Waals surface area contributed by atoms with Crippen LogP contribution in [0.25, 0.3) is 0 Å². The Morgan fingerprint density at radius 2 is 1.33 bits per heavy atom. The van der Waals surface area contributed by atoms with Gasteiger partial charge < -0.3 is 4.74 Å². The number of ether oxygens (including phenoxy) is 1. The molecule has 0 rings (SSSR count). The van der Waals surface area contributed by atoms with Crippen molar-refractivity contribution >= 4 is 29.2 Å². The van der Waals surface area contributed by atoms with Crippen molar-refractivity contribution in [3.8, 4) is 0 Å². The second-order valence-electron chi connectivity index (χ2n) is 5.77. The Morgan fingerprint density at radius 3 is 1.81 bits per heavy atom. The minimum Gasteiger partial charge on any atom is -0.460 e. The minimum absolute atomic E-state index is 0.0212. The Balaban J connectivity index is 3.58. The fourth-order valence-corrected chi connectivity index (χ4v) is 2.59. The van der Waals surface area contributed by atoms with Crippen molar-refractivity contribution in [2.45, 2.75) is 102 Å². The third-order valence-electron chi connectivity index (χ3n) is 3.70. The molecule has 0 aliphatic rings. The predicted molar refractivity (Wildman–Crippen MR) is 92.1 cm³/mol. The summed E-state index contributed by atoms with van der Waals surface area (Å²) in [5.41, 5.74) is 0. The molecule has 0 bridgehead atoms. The van der Waals surface area contributed by atoms with Gasteiger partial charge in [-0.2, -0.15) is 0 Å². The van der Waals surface area contributed by atoms with Gasteiger partial charge in [0.05, 0.1) is 0 Å². The van der Waals surface area contributed by atoms with Gasteiger partial charge in [0.1, 0.15) is 6.10 Å². The van der Waals surface area contributed by atoms with Crippen LogP contribution in [0, 0.1) is 0 Å². The highest BCUT2D eigenvalue weighted by Gasteiger charge is 2.18. The SMILES string of the molecule is CCCCCCCCCCCC(CCC)OC(=O)C(Cl)Cl. The van der Waals surface area contributed by atoms with Crippen LogP contribution in [0.1, 0.15) is 90.9 Å². The fraction of sp³-hybridized carbons (Fsp3) is 0.941. The third-order valence-corrected chi connectivity index (χ3v) is 4.06. The third kappa shape index (κ3) is 13.4. The van der Waals surface area contributed by atoms with E-state index in [0.29, 0.717) is 0 Å². The summed E-state index contributed by atoms with van der Waals surface area (Å²) >= 11 is 11.0. The second kappa shape index (κ2) is 15.0. The van der Waals surface area contributed by atoms with Gasteiger partial charge in [-0.05, 0) is 19.3 Å². The van der Waals surface area contributed by atoms with Gasteiger partial charge >= 0.3 is 5.97 Å². The maximum absolute atomic E-state index is 11.4. The lowest BCUT2D eigenvalue weighted by atomic mass is 10.0. The number of hydrogen-bond donors (Lipinski definition) is 0. The molecule has 0 fully saturated rings. The van der Waals surface area contributed by atoms with Crippen LogP contribution in [-0.2, 0) is 9.53 Å². The molecule has 0 aromatic rings. The van der Waals surface area contributed by atoms with Crippen molar-refractivity contribution in [3.05, 3.63) is 0 Å². The zero-order chi connectivity index (χ0) is 15.9. The smallest absolute Gasteiger partial charge is 0.339 e. The highest BCUT2D eigenvalue weighted by atomic mass is 35.5. The van der Waals surface area contributed by atoms with Crippen LogP contribution in [-0.4, -0.2) is 16.9 Å². The van der Waals surface area contributed by atoms with E-state index in [4.69, 9.17) is 27.9 Å². The van der Waals surface area contributed by atoms with Gasteiger partial charge in [0.25, 0.3) is 0 Å². The monoisotopic (exact) mass is 338 g/mol. The second-order valence-corrected chi connectivity index (χ2v) is 6.86. The first-order valence-corrected chi connectivity index (χ1v) is 9.47. The lowest BCUT2D eigenvalue weighted by molar-refractivity contribution is -0.147. The first-order valence-electron chi connectivity index (χ1n) is 8.60. The normalized spacial score (nSPS) is 12.6. The minimum atomic E-state index is -1.06. The average Bonchev–Trinajstić information content (AvgIpc) is 2.45. The quantitative estimate of drug-likeness (QED) is 0.207. The topological polar surface area (TPSA) is 26.3 Å². The van der Waals surface area contributed by atoms with Crippen molar-refractivity contribution in [3.63, 3.8) is 0 Å². The van der Waals surface area contributed by atoms with Crippen molar-refractivity contribution in [2.24, 2.45) is 0 Å². The van der Waals surface area contributed by atoms with E-state index in [1.54, 1.807) is 0 Å². The summed E-state index contributed by atoms with van der Waals surface area (Å²) < 4.78 is 5.32. The van der Waals surface area contributed by atoms with Gasteiger partial charge in [-0.1, -0.05) is 94.8 Å². The Morgan fingerprint density at radius 1 is 0.810 bits per heavy atom. The van der Waals surface area contributed by atoms with E-state index < -0.39 is 10.8 Å². The Hall–Kier alpha value is 0.0500. The first-order chi connectivity index (χ1) is 10.1. The van der Waals surface area contributed by atoms with Crippen LogP contribution in [0.5, 0.6) is 0 Å². The zero-order valence-electron chi connectivity index (χ0n) is 13.7. The van der Waals surface area contributed by atoms with Gasteiger partial charge in [-0.3, -0.25) is 0 Å². The lowest BCUT2D eigenvalue weighted by Gasteiger charge is -2.17. The summed E-state index contributed by atoms with van der Waals surface area (Å²) in [5.74, 6) is -0.507. The summed E-state index contributed by atoms with van der Waals surface area (Å²) in [5, 5.41) is 0. The average molecular weight is 339 g/mol. The number of halogens is 2. The first kappa shape index (κ1) is 21.0. The van der Waals surface area contributed by atoms with Crippen molar-refractivity contribution in [2.75, 3.05) is 0 Å². The molecule has 0 N–H and O–H groups in total. The van der Waals surface area contributed by atoms with Crippen molar-refractivity contribution in [1.29, 1.82) is 0 Å². The highest BCUT2D eigenvalue weighted by Crippen LogP contribution is 2.17. The van der Waals surface area contributed by atoms with E-state index in [2.05, 4.69) is 13.8 Å². The molecule has 0 amide bonds. The van der Waals surface area contributed by atoms with Crippen LogP contribution in [0.15, 0.2) is 0 Å². The molecule has 21 heavy (non-hydrogen) atoms. The molecule has 2 nitrogen and oxygen atoms in total. The van der Waals surface area contributed by atoms with Crippen molar-refractivity contribution in [1.82, 2.24) is 0 Å². The Bertz CT molecular complexity index is 245. The van der Waals surface area contributed by atoms with E-state index in [9.17, 15) is 4.79 Å². The number of hydrogen-bond acceptors (Lipinski definition) is 2. The number of alkyl halides is 2. The molecule has 1 atom stereocenters. The number of unbranched alkanes of at least 4 members (excludes halogenated alkanes) is 8. The summed E-state index contributed by atoms with van der Waals surface area (Å²) in [7, 11) is 0. The number of carbonyl (C=O) groups is 1. The number of rotatable bonds is 14. The van der Waals surface area contributed by atoms with Gasteiger partial charge in [-0.15, -0.1) is 0 Å². The molecule has 126 valence electrons. The molecule has 0 saturated heterocycles. The summed E-state index contributed by atoms with van der Waals surface area (Å²) in [6.07, 6.45) is 14.5. The summed E-state index contributed by atoms with van der Waals surface area (Å²) in [6.45, 7) is 4.34. The van der Waals surface area contributed by atoms with E-state index in [-0.39, 0.29) is 6.10 Å². The number of carbonyl (C=O) groups excluding carboxylic acids is 1. The van der Waals surface area contributed by atoms with Gasteiger partial charge in [0.2, 0.25) is 4.84 Å². The molecule has 0 aliphatic carbocycles. The van der Waals surface area contributed by atoms with Crippen LogP contribution in [0.2, 0.25) is 0 Å². The Labute approximate surface area is 140 Å². The van der Waals surface area contributed by atoms with Crippen molar-refractivity contribution < 1.29 is 9.53 Å². The fourth-order valence-electron chi connectivity index (χ4n) is 2.48. The lowest BCUT2D eigenvalue weighted by Crippen LogP contribution is -2.22. The molecule has 0 heterocycles. The molecule has 0 aliphatic heterocycles. The molecule has 4 heteroatoms. The highest BCUT2D eigenvalue weighted by molar-refractivity contribution is 6.52. The molecule has 0 saturated carbocycles. The van der Waals surface area contributed by atoms with E-state index in [0.717, 1.165) is 25.7 Å². The Kier molecular flexibility index (Phi) is 15.0. The summed E-state index contributed by atoms with van der Waals surface area (Å²) in [4.78, 5) is 10.3. The van der Waals surface area contributed by atoms with Gasteiger partial charge in [0.15, 0.2) is 0 Å². The van der Waals surface area contributed by atoms with Gasteiger partial charge in [-0.25, -0.2) is 4.79 Å². The maximum Gasteiger partial charge on any atom is 0.339 e. The molecule has 1 unspecified atom stereocenters. The molecule has 0 spiro atoms. The standard InChI is InChI=1S/C17H32Cl2O2/c1-3-5-6-7-8-9-10-11-12-14-15(13-4-2)21-17(20)16(18)19/h15-16H,3-14H2,1-2H3. The number of esters is 1. The predicted octanol–water partition coefficient (Wildman–Crippen LogP) is 6.42. The zero-order valence-corrected chi connectivity index (χ0v) is 15.2. The molecular weight excluding hydrogens is 307 g/mol. The van der Waals surface area contributed by atoms with Crippen LogP contribution in [0.3, 0.4) is 0 Å². The van der Waals surface area contributed by atoms with E-state index >= 15 is 0 Å². The van der Waals surface area contributed by atoms with E-state index in [1.807, 2.05) is 0 Å². The van der Waals surface area contributed by atoms with Crippen LogP contribution < -0.4 is 0 Å². The van der Waals surface area contributed by atoms with E-state index in [1.165, 1.54) is 51.4 Å². The van der Waals surface area contributed by atoms with Crippen LogP contribution in [0.4, 0.5) is 0 Å². The maximum atomic E-state index is 11.4. The van der Waals surface area contributed by atoms with Crippen LogP contribution >= 0.6 is 23.2 Å². The summed E-state index contributed by atoms with van der Waals surface area (Å²) in [6, 6.07) is 0. The molecule has 0 aromatic heterocycles. The molecule has 0 aromatic carbocycles.